The molecule has 0 saturated heterocycles. The maximum Gasteiger partial charge on any atom is 0.247 e. The summed E-state index contributed by atoms with van der Waals surface area (Å²) in [6, 6.07) is 6.86. The molecule has 0 bridgehead atoms. The van der Waals surface area contributed by atoms with E-state index >= 15 is 0 Å². The van der Waals surface area contributed by atoms with E-state index in [1.165, 1.54) is 6.08 Å². The van der Waals surface area contributed by atoms with Gasteiger partial charge in [0.1, 0.15) is 0 Å². The van der Waals surface area contributed by atoms with Crippen molar-refractivity contribution in [3.63, 3.8) is 0 Å². The van der Waals surface area contributed by atoms with E-state index in [0.717, 1.165) is 17.5 Å². The average molecular weight is 405 g/mol. The quantitative estimate of drug-likeness (QED) is 0.467. The predicted octanol–water partition coefficient (Wildman–Crippen LogP) is 3.65. The number of rotatable bonds is 6. The lowest BCUT2D eigenvalue weighted by atomic mass is 9.88. The van der Waals surface area contributed by atoms with Gasteiger partial charge in [0.05, 0.1) is 23.6 Å². The molecule has 152 valence electrons. The Bertz CT molecular complexity index is 1140. The Morgan fingerprint density at radius 1 is 1.33 bits per heavy atom. The van der Waals surface area contributed by atoms with Crippen LogP contribution in [0, 0.1) is 5.82 Å². The van der Waals surface area contributed by atoms with Crippen LogP contribution in [0.2, 0.25) is 0 Å². The van der Waals surface area contributed by atoms with Crippen LogP contribution in [0.1, 0.15) is 18.2 Å². The van der Waals surface area contributed by atoms with Crippen molar-refractivity contribution in [1.82, 2.24) is 20.2 Å². The average Bonchev–Trinajstić information content (AvgIpc) is 3.17. The zero-order chi connectivity index (χ0) is 21.1. The number of halogens is 1. The third-order valence-corrected chi connectivity index (χ3v) is 4.65. The maximum atomic E-state index is 14.3. The summed E-state index contributed by atoms with van der Waals surface area (Å²) in [5, 5.41) is 15.8. The van der Waals surface area contributed by atoms with Crippen LogP contribution in [-0.4, -0.2) is 31.6 Å². The number of nitrogens with zero attached hydrogens (tertiary/aromatic N) is 3. The first-order valence-corrected chi connectivity index (χ1v) is 9.27. The minimum absolute atomic E-state index is 0.0205. The van der Waals surface area contributed by atoms with Crippen LogP contribution in [-0.2, 0) is 11.2 Å². The maximum absolute atomic E-state index is 14.3. The van der Waals surface area contributed by atoms with Crippen molar-refractivity contribution >= 4 is 35.1 Å². The van der Waals surface area contributed by atoms with Gasteiger partial charge in [-0.1, -0.05) is 18.7 Å². The van der Waals surface area contributed by atoms with Crippen LogP contribution < -0.4 is 16.0 Å². The van der Waals surface area contributed by atoms with Crippen LogP contribution in [0.3, 0.4) is 0 Å². The third-order valence-electron chi connectivity index (χ3n) is 4.65. The molecule has 2 aromatic heterocycles. The number of nitrogens with one attached hydrogen (secondary N) is 4. The van der Waals surface area contributed by atoms with Gasteiger partial charge in [-0.25, -0.2) is 9.37 Å². The number of aromatic nitrogens is 4. The summed E-state index contributed by atoms with van der Waals surface area (Å²) in [6.07, 6.45) is 8.71. The van der Waals surface area contributed by atoms with Gasteiger partial charge < -0.3 is 16.0 Å². The van der Waals surface area contributed by atoms with Crippen molar-refractivity contribution in [3.8, 4) is 0 Å². The number of fused-ring (bicyclic) bond motifs is 1. The molecule has 1 aliphatic rings. The number of anilines is 4. The molecular weight excluding hydrogens is 385 g/mol. The first kappa shape index (κ1) is 19.3. The number of H-pyrrole nitrogens is 1. The largest absolute Gasteiger partial charge is 0.345 e. The summed E-state index contributed by atoms with van der Waals surface area (Å²) < 4.78 is 14.3. The van der Waals surface area contributed by atoms with Crippen molar-refractivity contribution in [2.24, 2.45) is 0 Å². The van der Waals surface area contributed by atoms with Gasteiger partial charge >= 0.3 is 0 Å². The molecule has 1 atom stereocenters. The molecule has 30 heavy (non-hydrogen) atoms. The van der Waals surface area contributed by atoms with E-state index in [9.17, 15) is 9.18 Å². The van der Waals surface area contributed by atoms with Crippen LogP contribution in [0.25, 0.3) is 6.08 Å². The predicted molar refractivity (Wildman–Crippen MR) is 114 cm³/mol. The van der Waals surface area contributed by atoms with Crippen molar-refractivity contribution < 1.29 is 9.18 Å². The van der Waals surface area contributed by atoms with Gasteiger partial charge in [0, 0.05) is 17.8 Å². The molecule has 4 N–H and O–H groups in total. The third kappa shape index (κ3) is 4.19. The monoisotopic (exact) mass is 405 g/mol. The van der Waals surface area contributed by atoms with E-state index in [0.29, 0.717) is 17.8 Å². The van der Waals surface area contributed by atoms with Gasteiger partial charge in [-0.2, -0.15) is 10.1 Å². The summed E-state index contributed by atoms with van der Waals surface area (Å²) in [5.41, 5.74) is 2.72. The fourth-order valence-electron chi connectivity index (χ4n) is 3.19. The van der Waals surface area contributed by atoms with Gasteiger partial charge in [0.25, 0.3) is 0 Å². The van der Waals surface area contributed by atoms with Gasteiger partial charge in [-0.3, -0.25) is 9.89 Å². The highest BCUT2D eigenvalue weighted by atomic mass is 19.1. The summed E-state index contributed by atoms with van der Waals surface area (Å²) in [6.45, 7) is 5.42. The van der Waals surface area contributed by atoms with Crippen molar-refractivity contribution in [2.75, 3.05) is 16.0 Å². The zero-order valence-corrected chi connectivity index (χ0v) is 16.2. The minimum Gasteiger partial charge on any atom is -0.345 e. The highest BCUT2D eigenvalue weighted by molar-refractivity contribution is 5.99. The lowest BCUT2D eigenvalue weighted by molar-refractivity contribution is -0.111. The van der Waals surface area contributed by atoms with Crippen molar-refractivity contribution in [2.45, 2.75) is 18.9 Å². The normalized spacial score (nSPS) is 17.1. The first-order chi connectivity index (χ1) is 14.4. The SMILES string of the molecule is C=CC(=O)Nc1cccc(Nc2nc(NC3(C)C=Cc4[nH]ncc4C3)ncc2F)c1. The molecular formula is C21H20FN7O. The number of carbonyl (C=O) groups is 1. The molecule has 4 rings (SSSR count). The minimum atomic E-state index is -0.595. The van der Waals surface area contributed by atoms with Crippen LogP contribution in [0.4, 0.5) is 27.5 Å². The smallest absolute Gasteiger partial charge is 0.247 e. The van der Waals surface area contributed by atoms with Crippen molar-refractivity contribution in [1.29, 1.82) is 0 Å². The second-order valence-electron chi connectivity index (χ2n) is 7.15. The summed E-state index contributed by atoms with van der Waals surface area (Å²) in [4.78, 5) is 19.8. The molecule has 1 amide bonds. The fourth-order valence-corrected chi connectivity index (χ4v) is 3.19. The summed E-state index contributed by atoms with van der Waals surface area (Å²) in [5.74, 6) is -0.620. The van der Waals surface area contributed by atoms with E-state index in [2.05, 4.69) is 42.7 Å². The highest BCUT2D eigenvalue weighted by Gasteiger charge is 2.27. The second-order valence-corrected chi connectivity index (χ2v) is 7.15. The standard InChI is InChI=1S/C21H20FN7O/c1-3-18(30)25-14-5-4-6-15(9-14)26-19-16(22)12-23-20(27-19)28-21(2)8-7-17-13(10-21)11-24-29-17/h3-9,11-12H,1,10H2,2H3,(H,24,29)(H,25,30)(H2,23,26,27,28). The molecule has 1 aliphatic carbocycles. The summed E-state index contributed by atoms with van der Waals surface area (Å²) >= 11 is 0. The van der Waals surface area contributed by atoms with Crippen LogP contribution in [0.5, 0.6) is 0 Å². The van der Waals surface area contributed by atoms with Gasteiger partial charge in [-0.15, -0.1) is 0 Å². The molecule has 0 fully saturated rings. The number of aromatic amines is 1. The van der Waals surface area contributed by atoms with E-state index < -0.39 is 11.4 Å². The lowest BCUT2D eigenvalue weighted by Crippen LogP contribution is -2.37. The molecule has 0 spiro atoms. The van der Waals surface area contributed by atoms with Gasteiger partial charge in [-0.05, 0) is 42.8 Å². The first-order valence-electron chi connectivity index (χ1n) is 9.27. The van der Waals surface area contributed by atoms with E-state index in [1.54, 1.807) is 30.5 Å². The van der Waals surface area contributed by atoms with Gasteiger partial charge in [0.15, 0.2) is 11.6 Å². The fraction of sp³-hybridized carbons (Fsp3) is 0.143. The molecule has 9 heteroatoms. The molecule has 8 nitrogen and oxygen atoms in total. The molecule has 0 aliphatic heterocycles. The number of hydrogen-bond donors (Lipinski definition) is 4. The van der Waals surface area contributed by atoms with E-state index in [1.807, 2.05) is 19.1 Å². The number of benzene rings is 1. The molecule has 1 unspecified atom stereocenters. The summed E-state index contributed by atoms with van der Waals surface area (Å²) in [7, 11) is 0. The number of carbonyl (C=O) groups excluding carboxylic acids is 1. The topological polar surface area (TPSA) is 108 Å². The van der Waals surface area contributed by atoms with Crippen molar-refractivity contribution in [3.05, 3.63) is 72.5 Å². The van der Waals surface area contributed by atoms with Gasteiger partial charge in [0.2, 0.25) is 11.9 Å². The molecule has 1 aromatic carbocycles. The van der Waals surface area contributed by atoms with Crippen LogP contribution in [0.15, 0.2) is 55.4 Å². The second kappa shape index (κ2) is 7.78. The number of amides is 1. The van der Waals surface area contributed by atoms with Crippen LogP contribution >= 0.6 is 0 Å². The van der Waals surface area contributed by atoms with E-state index in [4.69, 9.17) is 0 Å². The Kier molecular flexibility index (Phi) is 5.01. The highest BCUT2D eigenvalue weighted by Crippen LogP contribution is 2.28. The number of hydrogen-bond acceptors (Lipinski definition) is 6. The Morgan fingerprint density at radius 2 is 2.17 bits per heavy atom. The molecule has 0 radical (unpaired) electrons. The lowest BCUT2D eigenvalue weighted by Gasteiger charge is -2.30. The zero-order valence-electron chi connectivity index (χ0n) is 16.2. The molecule has 3 aromatic rings. The Balaban J connectivity index is 1.52. The Hall–Kier alpha value is -4.01. The van der Waals surface area contributed by atoms with E-state index in [-0.39, 0.29) is 17.7 Å². The molecule has 0 saturated carbocycles. The Morgan fingerprint density at radius 3 is 3.00 bits per heavy atom. The molecule has 2 heterocycles. The Labute approximate surface area is 172 Å².